The molecule has 0 radical (unpaired) electrons. The topological polar surface area (TPSA) is 82.1 Å². The Morgan fingerprint density at radius 2 is 1.69 bits per heavy atom. The van der Waals surface area contributed by atoms with E-state index in [0.717, 1.165) is 38.5 Å². The van der Waals surface area contributed by atoms with E-state index in [1.807, 2.05) is 0 Å². The van der Waals surface area contributed by atoms with Crippen LogP contribution in [0.25, 0.3) is 0 Å². The third kappa shape index (κ3) is 4.51. The van der Waals surface area contributed by atoms with Crippen LogP contribution in [0.5, 0.6) is 0 Å². The van der Waals surface area contributed by atoms with E-state index in [0.29, 0.717) is 24.0 Å². The van der Waals surface area contributed by atoms with Crippen LogP contribution < -0.4 is 0 Å². The van der Waals surface area contributed by atoms with E-state index in [9.17, 15) is 14.7 Å². The van der Waals surface area contributed by atoms with Crippen molar-refractivity contribution in [1.29, 1.82) is 0 Å². The van der Waals surface area contributed by atoms with Crippen molar-refractivity contribution in [3.05, 3.63) is 11.6 Å². The lowest BCUT2D eigenvalue weighted by atomic mass is 9.41. The molecule has 2 unspecified atom stereocenters. The van der Waals surface area contributed by atoms with Gasteiger partial charge >= 0.3 is 0 Å². The molecule has 222 valence electrons. The maximum atomic E-state index is 13.4. The van der Waals surface area contributed by atoms with Crippen LogP contribution in [0.2, 0.25) is 0 Å². The minimum absolute atomic E-state index is 0.0118. The van der Waals surface area contributed by atoms with Crippen LogP contribution in [0.1, 0.15) is 99.8 Å². The van der Waals surface area contributed by atoms with Gasteiger partial charge in [-0.1, -0.05) is 46.3 Å². The number of ether oxygens (including phenoxy) is 3. The van der Waals surface area contributed by atoms with E-state index in [-0.39, 0.29) is 45.7 Å². The molecule has 0 bridgehead atoms. The Balaban J connectivity index is 1.69. The maximum absolute atomic E-state index is 13.4. The summed E-state index contributed by atoms with van der Waals surface area (Å²) < 4.78 is 17.1. The summed E-state index contributed by atoms with van der Waals surface area (Å²) in [6.07, 6.45) is 7.85. The SMILES string of the molecule is COC(OC)C(CC(=O)C(O)C(C)(C)OC)[C@@H]1CC[C@]2(C)C3=CC[C@H]4C(C)(C)C(=O)CC[C@]4(C)[C@H]3CC[C@@]12C. The summed E-state index contributed by atoms with van der Waals surface area (Å²) in [6.45, 7) is 15.2. The zero-order valence-electron chi connectivity index (χ0n) is 26.2. The Kier molecular flexibility index (Phi) is 8.17. The largest absolute Gasteiger partial charge is 0.382 e. The number of Topliss-reactive ketones (excluding diaryl/α,β-unsaturated/α-hetero) is 2. The van der Waals surface area contributed by atoms with Gasteiger partial charge in [0.25, 0.3) is 0 Å². The summed E-state index contributed by atoms with van der Waals surface area (Å²) in [4.78, 5) is 26.4. The van der Waals surface area contributed by atoms with Gasteiger partial charge in [0.15, 0.2) is 12.1 Å². The second-order valence-corrected chi connectivity index (χ2v) is 15.0. The number of ketones is 2. The summed E-state index contributed by atoms with van der Waals surface area (Å²) in [6, 6.07) is 0. The highest BCUT2D eigenvalue weighted by Crippen LogP contribution is 2.73. The van der Waals surface area contributed by atoms with E-state index < -0.39 is 18.0 Å². The summed E-state index contributed by atoms with van der Waals surface area (Å²) in [5.74, 6) is 1.12. The van der Waals surface area contributed by atoms with Gasteiger partial charge in [-0.25, -0.2) is 0 Å². The first-order valence-electron chi connectivity index (χ1n) is 15.1. The Bertz CT molecular complexity index is 994. The number of hydrogen-bond donors (Lipinski definition) is 1. The Morgan fingerprint density at radius 3 is 2.28 bits per heavy atom. The third-order valence-electron chi connectivity index (χ3n) is 12.9. The van der Waals surface area contributed by atoms with Crippen molar-refractivity contribution in [1.82, 2.24) is 0 Å². The van der Waals surface area contributed by atoms with Crippen molar-refractivity contribution < 1.29 is 28.9 Å². The van der Waals surface area contributed by atoms with Crippen LogP contribution in [0.15, 0.2) is 11.6 Å². The molecule has 3 fully saturated rings. The molecule has 8 atom stereocenters. The molecule has 0 heterocycles. The number of aliphatic hydroxyl groups excluding tert-OH is 1. The molecule has 0 saturated heterocycles. The lowest BCUT2D eigenvalue weighted by molar-refractivity contribution is -0.176. The van der Waals surface area contributed by atoms with E-state index in [4.69, 9.17) is 14.2 Å². The molecule has 0 spiro atoms. The fourth-order valence-corrected chi connectivity index (χ4v) is 9.96. The lowest BCUT2D eigenvalue weighted by Gasteiger charge is -2.63. The van der Waals surface area contributed by atoms with Crippen molar-refractivity contribution in [3.8, 4) is 0 Å². The molecule has 0 aromatic heterocycles. The van der Waals surface area contributed by atoms with Gasteiger partial charge < -0.3 is 19.3 Å². The number of allylic oxidation sites excluding steroid dienone is 2. The molecule has 39 heavy (non-hydrogen) atoms. The first-order valence-corrected chi connectivity index (χ1v) is 15.1. The van der Waals surface area contributed by atoms with E-state index in [1.165, 1.54) is 7.11 Å². The average molecular weight is 547 g/mol. The van der Waals surface area contributed by atoms with Gasteiger partial charge in [0.05, 0.1) is 5.60 Å². The van der Waals surface area contributed by atoms with E-state index >= 15 is 0 Å². The van der Waals surface area contributed by atoms with Gasteiger partial charge in [-0.3, -0.25) is 9.59 Å². The van der Waals surface area contributed by atoms with Crippen LogP contribution in [-0.4, -0.2) is 56.0 Å². The number of methoxy groups -OCH3 is 3. The number of aliphatic hydroxyl groups is 1. The zero-order valence-corrected chi connectivity index (χ0v) is 26.2. The summed E-state index contributed by atoms with van der Waals surface area (Å²) in [5.41, 5.74) is 0.480. The smallest absolute Gasteiger partial charge is 0.164 e. The molecule has 0 aliphatic heterocycles. The molecule has 1 N–H and O–H groups in total. The Labute approximate surface area is 236 Å². The first-order chi connectivity index (χ1) is 18.0. The van der Waals surface area contributed by atoms with Crippen LogP contribution in [0.4, 0.5) is 0 Å². The fraction of sp³-hybridized carbons (Fsp3) is 0.879. The molecule has 0 aromatic carbocycles. The van der Waals surface area contributed by atoms with Gasteiger partial charge in [-0.2, -0.15) is 0 Å². The molecular formula is C33H54O6. The number of rotatable bonds is 9. The third-order valence-corrected chi connectivity index (χ3v) is 12.9. The van der Waals surface area contributed by atoms with Crippen molar-refractivity contribution in [2.75, 3.05) is 21.3 Å². The van der Waals surface area contributed by atoms with Gasteiger partial charge in [0.1, 0.15) is 11.9 Å². The number of carbonyl (C=O) groups is 2. The quantitative estimate of drug-likeness (QED) is 0.276. The minimum atomic E-state index is -1.22. The molecule has 0 aromatic rings. The highest BCUT2D eigenvalue weighted by molar-refractivity contribution is 5.85. The number of fused-ring (bicyclic) bond motifs is 5. The number of carbonyl (C=O) groups excluding carboxylic acids is 2. The predicted molar refractivity (Wildman–Crippen MR) is 152 cm³/mol. The fourth-order valence-electron chi connectivity index (χ4n) is 9.96. The van der Waals surface area contributed by atoms with Crippen LogP contribution in [-0.2, 0) is 23.8 Å². The zero-order chi connectivity index (χ0) is 29.2. The summed E-state index contributed by atoms with van der Waals surface area (Å²) in [7, 11) is 4.81. The maximum Gasteiger partial charge on any atom is 0.164 e. The predicted octanol–water partition coefficient (Wildman–Crippen LogP) is 6.14. The lowest BCUT2D eigenvalue weighted by Crippen LogP contribution is -2.57. The molecular weight excluding hydrogens is 492 g/mol. The molecule has 4 aliphatic rings. The van der Waals surface area contributed by atoms with Gasteiger partial charge in [-0.15, -0.1) is 0 Å². The van der Waals surface area contributed by atoms with Gasteiger partial charge in [0.2, 0.25) is 0 Å². The van der Waals surface area contributed by atoms with E-state index in [1.54, 1.807) is 33.6 Å². The molecule has 3 saturated carbocycles. The Morgan fingerprint density at radius 1 is 1.05 bits per heavy atom. The van der Waals surface area contributed by atoms with Gasteiger partial charge in [-0.05, 0) is 86.4 Å². The molecule has 4 rings (SSSR count). The normalized spacial score (nSPS) is 39.4. The molecule has 6 heteroatoms. The second kappa shape index (κ2) is 10.3. The van der Waals surface area contributed by atoms with Crippen LogP contribution >= 0.6 is 0 Å². The first kappa shape index (κ1) is 30.9. The standard InChI is InChI=1S/C33H54O6/c1-29(2)25-12-11-23-22(31(25,5)16-15-26(29)35)14-18-32(6)21(13-17-33(23,32)7)20(28(37-8)38-9)19-24(34)27(36)30(3,4)39-10/h11,20-22,25,27-28,36H,12-19H2,1-10H3/t20?,21-,22-,25-,27?,31+,32-,33+/m0/s1. The van der Waals surface area contributed by atoms with E-state index in [2.05, 4.69) is 40.7 Å². The van der Waals surface area contributed by atoms with Crippen LogP contribution in [0.3, 0.4) is 0 Å². The average Bonchev–Trinajstić information content (AvgIpc) is 3.17. The monoisotopic (exact) mass is 546 g/mol. The number of hydrogen-bond acceptors (Lipinski definition) is 6. The Hall–Kier alpha value is -1.08. The van der Waals surface area contributed by atoms with Crippen molar-refractivity contribution >= 4 is 11.6 Å². The molecule has 0 amide bonds. The van der Waals surface area contributed by atoms with Crippen molar-refractivity contribution in [2.45, 2.75) is 118 Å². The summed E-state index contributed by atoms with van der Waals surface area (Å²) >= 11 is 0. The highest BCUT2D eigenvalue weighted by Gasteiger charge is 2.66. The highest BCUT2D eigenvalue weighted by atomic mass is 16.7. The minimum Gasteiger partial charge on any atom is -0.382 e. The summed E-state index contributed by atoms with van der Waals surface area (Å²) in [5, 5.41) is 10.9. The molecule has 4 aliphatic carbocycles. The molecule has 6 nitrogen and oxygen atoms in total. The van der Waals surface area contributed by atoms with Crippen LogP contribution in [0, 0.1) is 45.3 Å². The van der Waals surface area contributed by atoms with Gasteiger partial charge in [0, 0.05) is 45.5 Å². The van der Waals surface area contributed by atoms with Crippen molar-refractivity contribution in [3.63, 3.8) is 0 Å². The van der Waals surface area contributed by atoms with Crippen molar-refractivity contribution in [2.24, 2.45) is 45.3 Å². The second-order valence-electron chi connectivity index (χ2n) is 15.0.